The van der Waals surface area contributed by atoms with Crippen molar-refractivity contribution in [2.24, 2.45) is 0 Å². The quantitative estimate of drug-likeness (QED) is 0.573. The zero-order valence-electron chi connectivity index (χ0n) is 13.3. The molecule has 1 amide bonds. The first kappa shape index (κ1) is 14.9. The fourth-order valence-electron chi connectivity index (χ4n) is 2.52. The lowest BCUT2D eigenvalue weighted by Crippen LogP contribution is -2.37. The summed E-state index contributed by atoms with van der Waals surface area (Å²) in [5.74, 6) is 0.432. The third kappa shape index (κ3) is 2.96. The number of oxazole rings is 1. The molecule has 1 aromatic heterocycles. The summed E-state index contributed by atoms with van der Waals surface area (Å²) in [6, 6.07) is 11.1. The van der Waals surface area contributed by atoms with Gasteiger partial charge < -0.3 is 10.2 Å². The van der Waals surface area contributed by atoms with E-state index >= 15 is 0 Å². The molecule has 0 radical (unpaired) electrons. The molecule has 6 nitrogen and oxygen atoms in total. The highest BCUT2D eigenvalue weighted by Gasteiger charge is 2.15. The number of hydrogen-bond acceptors (Lipinski definition) is 5. The summed E-state index contributed by atoms with van der Waals surface area (Å²) >= 11 is 0. The van der Waals surface area contributed by atoms with Crippen molar-refractivity contribution in [2.45, 2.75) is 20.8 Å². The molecule has 6 heteroatoms. The van der Waals surface area contributed by atoms with Crippen molar-refractivity contribution in [1.29, 1.82) is 0 Å². The van der Waals surface area contributed by atoms with Crippen molar-refractivity contribution in [2.75, 3.05) is 10.7 Å². The van der Waals surface area contributed by atoms with Gasteiger partial charge in [0.1, 0.15) is 5.52 Å². The number of amides is 1. The summed E-state index contributed by atoms with van der Waals surface area (Å²) in [6.07, 6.45) is 0. The molecule has 23 heavy (non-hydrogen) atoms. The van der Waals surface area contributed by atoms with Crippen LogP contribution in [0.5, 0.6) is 0 Å². The lowest BCUT2D eigenvalue weighted by molar-refractivity contribution is -0.118. The van der Waals surface area contributed by atoms with E-state index < -0.39 is 0 Å². The Labute approximate surface area is 133 Å². The molecule has 3 rings (SSSR count). The molecule has 118 valence electrons. The molecular weight excluding hydrogens is 292 g/mol. The number of nitrogen functional groups attached to an aromatic ring is 1. The Balaban J connectivity index is 2.11. The zero-order valence-corrected chi connectivity index (χ0v) is 13.3. The van der Waals surface area contributed by atoms with Crippen molar-refractivity contribution in [3.8, 4) is 0 Å². The minimum absolute atomic E-state index is 0.171. The van der Waals surface area contributed by atoms with Gasteiger partial charge in [0.05, 0.1) is 11.4 Å². The third-order valence-electron chi connectivity index (χ3n) is 3.47. The van der Waals surface area contributed by atoms with Gasteiger partial charge >= 0.3 is 0 Å². The average molecular weight is 310 g/mol. The second-order valence-corrected chi connectivity index (χ2v) is 5.43. The van der Waals surface area contributed by atoms with Crippen molar-refractivity contribution in [1.82, 2.24) is 10.4 Å². The van der Waals surface area contributed by atoms with E-state index in [2.05, 4.69) is 10.4 Å². The predicted molar refractivity (Wildman–Crippen MR) is 90.3 cm³/mol. The fourth-order valence-corrected chi connectivity index (χ4v) is 2.52. The number of rotatable bonds is 3. The van der Waals surface area contributed by atoms with Crippen LogP contribution < -0.4 is 16.2 Å². The van der Waals surface area contributed by atoms with Gasteiger partial charge in [-0.3, -0.25) is 15.2 Å². The van der Waals surface area contributed by atoms with Crippen LogP contribution in [0.2, 0.25) is 0 Å². The molecule has 1 heterocycles. The van der Waals surface area contributed by atoms with Gasteiger partial charge in [-0.05, 0) is 42.8 Å². The van der Waals surface area contributed by atoms with Crippen LogP contribution in [0.3, 0.4) is 0 Å². The number of hydrazine groups is 1. The number of nitrogens with one attached hydrogen (secondary N) is 1. The molecule has 0 aliphatic carbocycles. The molecule has 0 atom stereocenters. The van der Waals surface area contributed by atoms with Gasteiger partial charge in [0.2, 0.25) is 5.91 Å². The summed E-state index contributed by atoms with van der Waals surface area (Å²) in [7, 11) is 0. The second kappa shape index (κ2) is 5.64. The molecule has 3 aromatic rings. The SMILES string of the molecule is CC(=O)NN(c1ccc2nc(C)oc2c1)c1ccc(N)cc1C. The molecular formula is C17H18N4O2. The smallest absolute Gasteiger partial charge is 0.235 e. The number of carbonyl (C=O) groups excluding carboxylic acids is 1. The monoisotopic (exact) mass is 310 g/mol. The maximum absolute atomic E-state index is 11.6. The molecule has 0 bridgehead atoms. The molecule has 0 saturated carbocycles. The van der Waals surface area contributed by atoms with E-state index in [9.17, 15) is 4.79 Å². The molecule has 0 aliphatic rings. The van der Waals surface area contributed by atoms with Gasteiger partial charge in [-0.2, -0.15) is 0 Å². The molecule has 3 N–H and O–H groups in total. The number of nitrogens with zero attached hydrogens (tertiary/aromatic N) is 2. The number of anilines is 3. The van der Waals surface area contributed by atoms with Crippen LogP contribution in [0, 0.1) is 13.8 Å². The standard InChI is InChI=1S/C17H18N4O2/c1-10-8-13(18)4-7-16(10)21(20-11(2)22)14-5-6-15-17(9-14)23-12(3)19-15/h4-9H,18H2,1-3H3,(H,20,22). The summed E-state index contributed by atoms with van der Waals surface area (Å²) in [5, 5.41) is 1.72. The number of benzene rings is 2. The minimum Gasteiger partial charge on any atom is -0.441 e. The van der Waals surface area contributed by atoms with Gasteiger partial charge in [0.15, 0.2) is 11.5 Å². The van der Waals surface area contributed by atoms with Crippen LogP contribution in [-0.2, 0) is 4.79 Å². The number of fused-ring (bicyclic) bond motifs is 1. The number of carbonyl (C=O) groups is 1. The topological polar surface area (TPSA) is 84.4 Å². The highest BCUT2D eigenvalue weighted by atomic mass is 16.3. The Bertz CT molecular complexity index is 885. The zero-order chi connectivity index (χ0) is 16.6. The van der Waals surface area contributed by atoms with E-state index in [0.29, 0.717) is 17.2 Å². The number of aromatic nitrogens is 1. The maximum Gasteiger partial charge on any atom is 0.235 e. The van der Waals surface area contributed by atoms with Gasteiger partial charge in [0, 0.05) is 25.6 Å². The molecule has 0 spiro atoms. The van der Waals surface area contributed by atoms with Crippen LogP contribution in [0.25, 0.3) is 11.1 Å². The minimum atomic E-state index is -0.171. The molecule has 0 aliphatic heterocycles. The van der Waals surface area contributed by atoms with Crippen molar-refractivity contribution in [3.63, 3.8) is 0 Å². The Morgan fingerprint density at radius 3 is 2.70 bits per heavy atom. The van der Waals surface area contributed by atoms with E-state index in [-0.39, 0.29) is 5.91 Å². The largest absolute Gasteiger partial charge is 0.441 e. The molecule has 0 saturated heterocycles. The second-order valence-electron chi connectivity index (χ2n) is 5.43. The van der Waals surface area contributed by atoms with E-state index in [1.165, 1.54) is 6.92 Å². The van der Waals surface area contributed by atoms with Gasteiger partial charge in [-0.25, -0.2) is 4.98 Å². The Kier molecular flexibility index (Phi) is 3.65. The Morgan fingerprint density at radius 1 is 1.22 bits per heavy atom. The first-order valence-corrected chi connectivity index (χ1v) is 7.25. The fraction of sp³-hybridized carbons (Fsp3) is 0.176. The first-order valence-electron chi connectivity index (χ1n) is 7.25. The lowest BCUT2D eigenvalue weighted by Gasteiger charge is -2.26. The number of hydrogen-bond donors (Lipinski definition) is 2. The van der Waals surface area contributed by atoms with Crippen molar-refractivity contribution >= 4 is 34.1 Å². The first-order chi connectivity index (χ1) is 10.9. The summed E-state index contributed by atoms with van der Waals surface area (Å²) < 4.78 is 5.58. The van der Waals surface area contributed by atoms with Crippen LogP contribution in [-0.4, -0.2) is 10.9 Å². The van der Waals surface area contributed by atoms with Crippen molar-refractivity contribution in [3.05, 3.63) is 47.9 Å². The van der Waals surface area contributed by atoms with E-state index in [1.807, 2.05) is 37.3 Å². The highest BCUT2D eigenvalue weighted by molar-refractivity contribution is 5.83. The van der Waals surface area contributed by atoms with Gasteiger partial charge in [-0.15, -0.1) is 0 Å². The molecule has 0 fully saturated rings. The summed E-state index contributed by atoms with van der Waals surface area (Å²) in [6.45, 7) is 5.21. The van der Waals surface area contributed by atoms with E-state index in [1.54, 1.807) is 18.0 Å². The predicted octanol–water partition coefficient (Wildman–Crippen LogP) is 3.22. The molecule has 2 aromatic carbocycles. The Morgan fingerprint density at radius 2 is 2.00 bits per heavy atom. The number of aryl methyl sites for hydroxylation is 2. The maximum atomic E-state index is 11.6. The highest BCUT2D eigenvalue weighted by Crippen LogP contribution is 2.30. The van der Waals surface area contributed by atoms with E-state index in [0.717, 1.165) is 22.5 Å². The lowest BCUT2D eigenvalue weighted by atomic mass is 10.1. The third-order valence-corrected chi connectivity index (χ3v) is 3.47. The Hall–Kier alpha value is -3.02. The summed E-state index contributed by atoms with van der Waals surface area (Å²) in [4.78, 5) is 15.9. The van der Waals surface area contributed by atoms with Gasteiger partial charge in [0.25, 0.3) is 0 Å². The van der Waals surface area contributed by atoms with Crippen molar-refractivity contribution < 1.29 is 9.21 Å². The normalized spacial score (nSPS) is 10.7. The van der Waals surface area contributed by atoms with Crippen LogP contribution in [0.15, 0.2) is 40.8 Å². The average Bonchev–Trinajstić information content (AvgIpc) is 2.84. The van der Waals surface area contributed by atoms with Crippen LogP contribution in [0.1, 0.15) is 18.4 Å². The molecule has 0 unspecified atom stereocenters. The van der Waals surface area contributed by atoms with Gasteiger partial charge in [-0.1, -0.05) is 0 Å². The van der Waals surface area contributed by atoms with Crippen LogP contribution in [0.4, 0.5) is 17.1 Å². The van der Waals surface area contributed by atoms with Crippen LogP contribution >= 0.6 is 0 Å². The van der Waals surface area contributed by atoms with E-state index in [4.69, 9.17) is 10.2 Å². The number of nitrogens with two attached hydrogens (primary N) is 1. The summed E-state index contributed by atoms with van der Waals surface area (Å²) in [5.41, 5.74) is 13.3.